The summed E-state index contributed by atoms with van der Waals surface area (Å²) in [5.74, 6) is 1.06. The van der Waals surface area contributed by atoms with Crippen LogP contribution in [0.4, 0.5) is 0 Å². The maximum Gasteiger partial charge on any atom is 0.161 e. The molecule has 0 aliphatic rings. The number of benzene rings is 2. The minimum Gasteiger partial charge on any atom is -0.487 e. The van der Waals surface area contributed by atoms with Gasteiger partial charge in [0.2, 0.25) is 0 Å². The van der Waals surface area contributed by atoms with Crippen LogP contribution >= 0.6 is 0 Å². The van der Waals surface area contributed by atoms with Crippen molar-refractivity contribution in [3.63, 3.8) is 0 Å². The molecule has 0 aromatic heterocycles. The predicted octanol–water partition coefficient (Wildman–Crippen LogP) is 2.20. The number of aryl methyl sites for hydroxylation is 1. The first-order valence-corrected chi connectivity index (χ1v) is 7.94. The molecular formula is C19H24O5. The molecular weight excluding hydrogens is 308 g/mol. The van der Waals surface area contributed by atoms with Gasteiger partial charge in [0.1, 0.15) is 13.2 Å². The number of hydrogen-bond acceptors (Lipinski definition) is 5. The van der Waals surface area contributed by atoms with Crippen LogP contribution in [0.1, 0.15) is 16.7 Å². The topological polar surface area (TPSA) is 79.2 Å². The van der Waals surface area contributed by atoms with Crippen molar-refractivity contribution in [3.05, 3.63) is 47.0 Å². The van der Waals surface area contributed by atoms with Gasteiger partial charge in [0.15, 0.2) is 11.5 Å². The van der Waals surface area contributed by atoms with Crippen LogP contribution in [-0.2, 0) is 6.61 Å². The molecule has 0 saturated heterocycles. The first kappa shape index (κ1) is 18.3. The zero-order valence-corrected chi connectivity index (χ0v) is 14.1. The summed E-state index contributed by atoms with van der Waals surface area (Å²) in [6.07, 6.45) is 0. The van der Waals surface area contributed by atoms with Gasteiger partial charge in [0, 0.05) is 0 Å². The average molecular weight is 332 g/mol. The summed E-state index contributed by atoms with van der Waals surface area (Å²) < 4.78 is 11.1. The molecule has 0 heterocycles. The molecule has 2 aromatic rings. The van der Waals surface area contributed by atoms with Crippen molar-refractivity contribution in [2.75, 3.05) is 26.4 Å². The van der Waals surface area contributed by atoms with Crippen LogP contribution in [0.15, 0.2) is 30.3 Å². The van der Waals surface area contributed by atoms with Crippen LogP contribution in [-0.4, -0.2) is 41.7 Å². The van der Waals surface area contributed by atoms with Gasteiger partial charge in [-0.3, -0.25) is 0 Å². The standard InChI is InChI=1S/C19H24O5/c1-13-10-18(23-8-6-20)19(24-9-7-21)11-17(13)16-5-3-4-15(12-22)14(16)2/h3-5,10-11,20-22H,6-9,12H2,1-2H3. The van der Waals surface area contributed by atoms with E-state index in [-0.39, 0.29) is 33.0 Å². The van der Waals surface area contributed by atoms with Gasteiger partial charge in [-0.15, -0.1) is 0 Å². The van der Waals surface area contributed by atoms with Crippen LogP contribution in [0.5, 0.6) is 11.5 Å². The van der Waals surface area contributed by atoms with Gasteiger partial charge in [0.25, 0.3) is 0 Å². The Bertz CT molecular complexity index is 682. The second-order valence-corrected chi connectivity index (χ2v) is 5.51. The molecule has 24 heavy (non-hydrogen) atoms. The van der Waals surface area contributed by atoms with E-state index in [1.165, 1.54) is 0 Å². The largest absolute Gasteiger partial charge is 0.487 e. The Hall–Kier alpha value is -2.08. The highest BCUT2D eigenvalue weighted by Crippen LogP contribution is 2.37. The number of aliphatic hydroxyl groups is 3. The van der Waals surface area contributed by atoms with E-state index in [1.807, 2.05) is 44.2 Å². The molecule has 0 spiro atoms. The van der Waals surface area contributed by atoms with Crippen molar-refractivity contribution in [3.8, 4) is 22.6 Å². The second-order valence-electron chi connectivity index (χ2n) is 5.51. The SMILES string of the molecule is Cc1cc(OCCO)c(OCCO)cc1-c1cccc(CO)c1C. The van der Waals surface area contributed by atoms with Crippen LogP contribution < -0.4 is 9.47 Å². The molecule has 0 atom stereocenters. The molecule has 5 heteroatoms. The zero-order valence-electron chi connectivity index (χ0n) is 14.1. The Balaban J connectivity index is 2.50. The number of rotatable bonds is 8. The van der Waals surface area contributed by atoms with E-state index in [0.29, 0.717) is 11.5 Å². The molecule has 0 amide bonds. The molecule has 0 bridgehead atoms. The maximum atomic E-state index is 9.47. The summed E-state index contributed by atoms with van der Waals surface area (Å²) in [7, 11) is 0. The van der Waals surface area contributed by atoms with Gasteiger partial charge in [0.05, 0.1) is 19.8 Å². The van der Waals surface area contributed by atoms with Crippen LogP contribution in [0.3, 0.4) is 0 Å². The van der Waals surface area contributed by atoms with Crippen LogP contribution in [0, 0.1) is 13.8 Å². The molecule has 2 rings (SSSR count). The summed E-state index contributed by atoms with van der Waals surface area (Å²) in [5, 5.41) is 27.5. The van der Waals surface area contributed by atoms with Crippen molar-refractivity contribution in [2.45, 2.75) is 20.5 Å². The van der Waals surface area contributed by atoms with Gasteiger partial charge >= 0.3 is 0 Å². The first-order valence-electron chi connectivity index (χ1n) is 7.94. The quantitative estimate of drug-likeness (QED) is 0.691. The van der Waals surface area contributed by atoms with Gasteiger partial charge in [-0.1, -0.05) is 18.2 Å². The fraction of sp³-hybridized carbons (Fsp3) is 0.368. The Labute approximate surface area is 142 Å². The van der Waals surface area contributed by atoms with Gasteiger partial charge in [-0.2, -0.15) is 0 Å². The number of hydrogen-bond donors (Lipinski definition) is 3. The number of ether oxygens (including phenoxy) is 2. The normalized spacial score (nSPS) is 10.7. The molecule has 3 N–H and O–H groups in total. The van der Waals surface area contributed by atoms with Gasteiger partial charge in [-0.05, 0) is 53.8 Å². The number of aliphatic hydroxyl groups excluding tert-OH is 3. The monoisotopic (exact) mass is 332 g/mol. The molecule has 0 saturated carbocycles. The summed E-state index contributed by atoms with van der Waals surface area (Å²) in [5.41, 5.74) is 4.89. The molecule has 0 aliphatic heterocycles. The van der Waals surface area contributed by atoms with Gasteiger partial charge < -0.3 is 24.8 Å². The van der Waals surface area contributed by atoms with Crippen LogP contribution in [0.25, 0.3) is 11.1 Å². The Morgan fingerprint density at radius 2 is 1.46 bits per heavy atom. The van der Waals surface area contributed by atoms with E-state index < -0.39 is 0 Å². The third-order valence-electron chi connectivity index (χ3n) is 3.89. The van der Waals surface area contributed by atoms with Crippen LogP contribution in [0.2, 0.25) is 0 Å². The van der Waals surface area contributed by atoms with Crippen molar-refractivity contribution >= 4 is 0 Å². The lowest BCUT2D eigenvalue weighted by atomic mass is 9.93. The van der Waals surface area contributed by atoms with Crippen molar-refractivity contribution < 1.29 is 24.8 Å². The van der Waals surface area contributed by atoms with E-state index in [9.17, 15) is 5.11 Å². The zero-order chi connectivity index (χ0) is 17.5. The summed E-state index contributed by atoms with van der Waals surface area (Å²) in [6.45, 7) is 4.09. The highest BCUT2D eigenvalue weighted by atomic mass is 16.5. The summed E-state index contributed by atoms with van der Waals surface area (Å²) >= 11 is 0. The molecule has 0 aliphatic carbocycles. The minimum absolute atomic E-state index is 0.00964. The highest BCUT2D eigenvalue weighted by Gasteiger charge is 2.14. The highest BCUT2D eigenvalue weighted by molar-refractivity contribution is 5.74. The lowest BCUT2D eigenvalue weighted by Crippen LogP contribution is -2.07. The third kappa shape index (κ3) is 4.06. The molecule has 130 valence electrons. The Morgan fingerprint density at radius 1 is 0.833 bits per heavy atom. The van der Waals surface area contributed by atoms with E-state index in [1.54, 1.807) is 0 Å². The fourth-order valence-corrected chi connectivity index (χ4v) is 2.64. The lowest BCUT2D eigenvalue weighted by molar-refractivity contribution is 0.178. The van der Waals surface area contributed by atoms with E-state index >= 15 is 0 Å². The molecule has 2 aromatic carbocycles. The van der Waals surface area contributed by atoms with Crippen molar-refractivity contribution in [1.29, 1.82) is 0 Å². The third-order valence-corrected chi connectivity index (χ3v) is 3.89. The second kappa shape index (κ2) is 8.68. The van der Waals surface area contributed by atoms with E-state index in [4.69, 9.17) is 19.7 Å². The lowest BCUT2D eigenvalue weighted by Gasteiger charge is -2.17. The molecule has 0 fully saturated rings. The predicted molar refractivity (Wildman–Crippen MR) is 92.4 cm³/mol. The van der Waals surface area contributed by atoms with Crippen molar-refractivity contribution in [1.82, 2.24) is 0 Å². The van der Waals surface area contributed by atoms with E-state index in [0.717, 1.165) is 27.8 Å². The van der Waals surface area contributed by atoms with Gasteiger partial charge in [-0.25, -0.2) is 0 Å². The van der Waals surface area contributed by atoms with E-state index in [2.05, 4.69) is 0 Å². The smallest absolute Gasteiger partial charge is 0.161 e. The molecule has 5 nitrogen and oxygen atoms in total. The van der Waals surface area contributed by atoms with Crippen molar-refractivity contribution in [2.24, 2.45) is 0 Å². The maximum absolute atomic E-state index is 9.47. The minimum atomic E-state index is -0.0956. The Morgan fingerprint density at radius 3 is 2.04 bits per heavy atom. The molecule has 0 unspecified atom stereocenters. The molecule has 0 radical (unpaired) electrons. The Kier molecular flexibility index (Phi) is 6.61. The summed E-state index contributed by atoms with van der Waals surface area (Å²) in [6, 6.07) is 9.55. The average Bonchev–Trinajstić information content (AvgIpc) is 2.59. The first-order chi connectivity index (χ1) is 11.6. The summed E-state index contributed by atoms with van der Waals surface area (Å²) in [4.78, 5) is 0. The fourth-order valence-electron chi connectivity index (χ4n) is 2.64.